The van der Waals surface area contributed by atoms with Crippen molar-refractivity contribution >= 4 is 11.8 Å². The van der Waals surface area contributed by atoms with Gasteiger partial charge in [-0.1, -0.05) is 13.8 Å². The molecule has 21 heavy (non-hydrogen) atoms. The molecule has 2 rings (SSSR count). The Bertz CT molecular complexity index is 381. The second-order valence-electron chi connectivity index (χ2n) is 7.25. The van der Waals surface area contributed by atoms with Crippen molar-refractivity contribution in [2.45, 2.75) is 46.1 Å². The molecule has 0 unspecified atom stereocenters. The van der Waals surface area contributed by atoms with Gasteiger partial charge in [-0.05, 0) is 25.2 Å². The molecule has 0 spiro atoms. The fourth-order valence-electron chi connectivity index (χ4n) is 4.00. The number of hydrogen-bond donors (Lipinski definition) is 2. The Kier molecular flexibility index (Phi) is 5.25. The molecule has 2 aliphatic heterocycles. The average molecular weight is 296 g/mol. The molecule has 5 nitrogen and oxygen atoms in total. The molecule has 2 amide bonds. The number of likely N-dealkylation sites (tertiary alicyclic amines) is 2. The van der Waals surface area contributed by atoms with E-state index in [1.54, 1.807) is 0 Å². The summed E-state index contributed by atoms with van der Waals surface area (Å²) < 4.78 is 0. The minimum absolute atomic E-state index is 0.00340. The van der Waals surface area contributed by atoms with Crippen LogP contribution in [0.25, 0.3) is 0 Å². The molecule has 0 aromatic rings. The molecule has 0 aliphatic carbocycles. The largest absolute Gasteiger partial charge is 0.369 e. The second-order valence-corrected chi connectivity index (χ2v) is 7.25. The van der Waals surface area contributed by atoms with Gasteiger partial charge in [0, 0.05) is 31.8 Å². The second kappa shape index (κ2) is 6.77. The number of carbonyl (C=O) groups is 2. The van der Waals surface area contributed by atoms with E-state index in [1.165, 1.54) is 11.3 Å². The fraction of sp³-hybridized carbons (Fsp3) is 0.875. The topological polar surface area (TPSA) is 67.8 Å². The Balaban J connectivity index is 1.89. The van der Waals surface area contributed by atoms with Crippen LogP contribution in [0.15, 0.2) is 0 Å². The summed E-state index contributed by atoms with van der Waals surface area (Å²) in [6.45, 7) is 10.0. The van der Waals surface area contributed by atoms with Crippen LogP contribution in [-0.4, -0.2) is 48.9 Å². The van der Waals surface area contributed by atoms with Gasteiger partial charge in [0.25, 0.3) is 5.91 Å². The van der Waals surface area contributed by atoms with Crippen molar-refractivity contribution in [3.05, 3.63) is 0 Å². The first-order valence-corrected chi connectivity index (χ1v) is 8.31. The summed E-state index contributed by atoms with van der Waals surface area (Å²) in [6, 6.07) is -0.00340. The third-order valence-electron chi connectivity index (χ3n) is 5.19. The molecule has 0 aromatic heterocycles. The minimum atomic E-state index is -0.188. The lowest BCUT2D eigenvalue weighted by molar-refractivity contribution is -0.920. The molecule has 0 bridgehead atoms. The Morgan fingerprint density at radius 3 is 2.14 bits per heavy atom. The predicted octanol–water partition coefficient (Wildman–Crippen LogP) is -0.340. The van der Waals surface area contributed by atoms with E-state index in [2.05, 4.69) is 18.7 Å². The number of nitrogens with two attached hydrogens (primary N) is 1. The van der Waals surface area contributed by atoms with E-state index in [4.69, 9.17) is 5.73 Å². The monoisotopic (exact) mass is 296 g/mol. The summed E-state index contributed by atoms with van der Waals surface area (Å²) in [7, 11) is 0. The van der Waals surface area contributed by atoms with Gasteiger partial charge >= 0.3 is 0 Å². The van der Waals surface area contributed by atoms with Crippen LogP contribution in [0.3, 0.4) is 0 Å². The van der Waals surface area contributed by atoms with E-state index in [-0.39, 0.29) is 23.8 Å². The van der Waals surface area contributed by atoms with Crippen molar-refractivity contribution in [2.75, 3.05) is 26.2 Å². The van der Waals surface area contributed by atoms with Gasteiger partial charge in [-0.3, -0.25) is 9.59 Å². The Morgan fingerprint density at radius 2 is 1.67 bits per heavy atom. The summed E-state index contributed by atoms with van der Waals surface area (Å²) >= 11 is 0. The van der Waals surface area contributed by atoms with Crippen molar-refractivity contribution in [1.82, 2.24) is 4.90 Å². The highest BCUT2D eigenvalue weighted by Gasteiger charge is 2.36. The highest BCUT2D eigenvalue weighted by molar-refractivity contribution is 5.80. The number of primary amides is 1. The SMILES string of the molecule is C[C@H]1C[C@H](C)CN(C(=O)[C@@H](C)[NH+]2CCC(C(N)=O)CC2)C1. The number of hydrogen-bond acceptors (Lipinski definition) is 2. The van der Waals surface area contributed by atoms with Crippen LogP contribution in [0.2, 0.25) is 0 Å². The van der Waals surface area contributed by atoms with Crippen LogP contribution < -0.4 is 10.6 Å². The van der Waals surface area contributed by atoms with Gasteiger partial charge < -0.3 is 15.5 Å². The Morgan fingerprint density at radius 1 is 1.14 bits per heavy atom. The summed E-state index contributed by atoms with van der Waals surface area (Å²) in [6.07, 6.45) is 2.85. The van der Waals surface area contributed by atoms with E-state index < -0.39 is 0 Å². The van der Waals surface area contributed by atoms with Gasteiger partial charge in [-0.2, -0.15) is 0 Å². The van der Waals surface area contributed by atoms with Crippen LogP contribution in [0.5, 0.6) is 0 Å². The number of quaternary nitrogens is 1. The van der Waals surface area contributed by atoms with Crippen molar-refractivity contribution in [1.29, 1.82) is 0 Å². The summed E-state index contributed by atoms with van der Waals surface area (Å²) in [5, 5.41) is 0. The van der Waals surface area contributed by atoms with Gasteiger partial charge in [0.2, 0.25) is 5.91 Å². The third kappa shape index (κ3) is 3.96. The number of nitrogens with one attached hydrogen (secondary N) is 1. The van der Waals surface area contributed by atoms with Gasteiger partial charge in [0.15, 0.2) is 6.04 Å². The maximum atomic E-state index is 12.7. The quantitative estimate of drug-likeness (QED) is 0.748. The molecule has 2 aliphatic rings. The van der Waals surface area contributed by atoms with E-state index in [0.29, 0.717) is 11.8 Å². The number of amides is 2. The molecule has 2 fully saturated rings. The van der Waals surface area contributed by atoms with Gasteiger partial charge in [0.05, 0.1) is 13.1 Å². The molecule has 3 atom stereocenters. The summed E-state index contributed by atoms with van der Waals surface area (Å²) in [5.41, 5.74) is 5.37. The highest BCUT2D eigenvalue weighted by atomic mass is 16.2. The molecular formula is C16H30N3O2+. The lowest BCUT2D eigenvalue weighted by Crippen LogP contribution is -3.17. The lowest BCUT2D eigenvalue weighted by atomic mass is 9.91. The standard InChI is InChI=1S/C16H29N3O2/c1-11-8-12(2)10-19(9-11)16(21)13(3)18-6-4-14(5-7-18)15(17)20/h11-14H,4-10H2,1-3H3,(H2,17,20)/p+1/t11-,12-,13+/m0/s1. The highest BCUT2D eigenvalue weighted by Crippen LogP contribution is 2.21. The molecule has 5 heteroatoms. The van der Waals surface area contributed by atoms with Crippen molar-refractivity contribution < 1.29 is 14.5 Å². The number of carbonyl (C=O) groups excluding carboxylic acids is 2. The number of rotatable bonds is 3. The average Bonchev–Trinajstić information content (AvgIpc) is 2.44. The van der Waals surface area contributed by atoms with E-state index >= 15 is 0 Å². The van der Waals surface area contributed by atoms with Crippen LogP contribution >= 0.6 is 0 Å². The van der Waals surface area contributed by atoms with E-state index in [0.717, 1.165) is 39.0 Å². The zero-order chi connectivity index (χ0) is 15.6. The molecular weight excluding hydrogens is 266 g/mol. The Labute approximate surface area is 127 Å². The predicted molar refractivity (Wildman–Crippen MR) is 81.6 cm³/mol. The van der Waals surface area contributed by atoms with Crippen molar-refractivity contribution in [2.24, 2.45) is 23.5 Å². The minimum Gasteiger partial charge on any atom is -0.369 e. The van der Waals surface area contributed by atoms with Gasteiger partial charge in [-0.15, -0.1) is 0 Å². The zero-order valence-electron chi connectivity index (χ0n) is 13.6. The molecule has 2 saturated heterocycles. The van der Waals surface area contributed by atoms with Crippen LogP contribution in [-0.2, 0) is 9.59 Å². The molecule has 0 saturated carbocycles. The third-order valence-corrected chi connectivity index (χ3v) is 5.19. The van der Waals surface area contributed by atoms with Crippen LogP contribution in [0.4, 0.5) is 0 Å². The van der Waals surface area contributed by atoms with Crippen LogP contribution in [0.1, 0.15) is 40.0 Å². The molecule has 3 N–H and O–H groups in total. The van der Waals surface area contributed by atoms with Gasteiger partial charge in [-0.25, -0.2) is 0 Å². The molecule has 0 aromatic carbocycles. The summed E-state index contributed by atoms with van der Waals surface area (Å²) in [5.74, 6) is 1.29. The maximum Gasteiger partial charge on any atom is 0.280 e. The first-order chi connectivity index (χ1) is 9.88. The molecule has 2 heterocycles. The van der Waals surface area contributed by atoms with E-state index in [1.807, 2.05) is 6.92 Å². The number of nitrogens with zero attached hydrogens (tertiary/aromatic N) is 1. The summed E-state index contributed by atoms with van der Waals surface area (Å²) in [4.78, 5) is 27.3. The molecule has 120 valence electrons. The van der Waals surface area contributed by atoms with Crippen molar-refractivity contribution in [3.8, 4) is 0 Å². The van der Waals surface area contributed by atoms with Crippen molar-refractivity contribution in [3.63, 3.8) is 0 Å². The van der Waals surface area contributed by atoms with E-state index in [9.17, 15) is 9.59 Å². The smallest absolute Gasteiger partial charge is 0.280 e. The fourth-order valence-corrected chi connectivity index (χ4v) is 4.00. The van der Waals surface area contributed by atoms with Gasteiger partial charge in [0.1, 0.15) is 0 Å². The molecule has 0 radical (unpaired) electrons. The first-order valence-electron chi connectivity index (χ1n) is 8.31. The van der Waals surface area contributed by atoms with Crippen LogP contribution in [0, 0.1) is 17.8 Å². The zero-order valence-corrected chi connectivity index (χ0v) is 13.6. The Hall–Kier alpha value is -1.10. The first kappa shape index (κ1) is 16.3. The maximum absolute atomic E-state index is 12.7. The normalized spacial score (nSPS) is 35.3. The lowest BCUT2D eigenvalue weighted by Gasteiger charge is -2.38. The number of piperidine rings is 2.